The van der Waals surface area contributed by atoms with E-state index < -0.39 is 11.5 Å². The molecule has 1 atom stereocenters. The Labute approximate surface area is 126 Å². The van der Waals surface area contributed by atoms with Crippen LogP contribution in [0.5, 0.6) is 5.88 Å². The SMILES string of the molecule is CCC1CCC(C#N)(C(O)c2c(C)nn(C)c2OC)CC1. The summed E-state index contributed by atoms with van der Waals surface area (Å²) in [6.07, 6.45) is 3.78. The minimum Gasteiger partial charge on any atom is -0.481 e. The molecule has 1 heterocycles. The first-order valence-corrected chi connectivity index (χ1v) is 7.65. The van der Waals surface area contributed by atoms with Gasteiger partial charge in [-0.05, 0) is 38.5 Å². The lowest BCUT2D eigenvalue weighted by Gasteiger charge is -2.38. The van der Waals surface area contributed by atoms with E-state index in [1.165, 1.54) is 0 Å². The zero-order chi connectivity index (χ0) is 15.6. The molecule has 21 heavy (non-hydrogen) atoms. The second kappa shape index (κ2) is 6.07. The number of ether oxygens (including phenoxy) is 1. The molecule has 1 aliphatic carbocycles. The fourth-order valence-electron chi connectivity index (χ4n) is 3.53. The van der Waals surface area contributed by atoms with E-state index in [1.54, 1.807) is 18.8 Å². The molecule has 1 N–H and O–H groups in total. The Morgan fingerprint density at radius 1 is 1.52 bits per heavy atom. The molecule has 116 valence electrons. The van der Waals surface area contributed by atoms with Crippen LogP contribution in [0.2, 0.25) is 0 Å². The van der Waals surface area contributed by atoms with Crippen molar-refractivity contribution in [2.45, 2.75) is 52.1 Å². The highest BCUT2D eigenvalue weighted by molar-refractivity contribution is 5.36. The predicted molar refractivity (Wildman–Crippen MR) is 79.8 cm³/mol. The smallest absolute Gasteiger partial charge is 0.217 e. The Morgan fingerprint density at radius 2 is 2.14 bits per heavy atom. The van der Waals surface area contributed by atoms with Gasteiger partial charge in [-0.1, -0.05) is 13.3 Å². The van der Waals surface area contributed by atoms with Crippen LogP contribution in [0.3, 0.4) is 0 Å². The van der Waals surface area contributed by atoms with Crippen molar-refractivity contribution in [1.82, 2.24) is 9.78 Å². The standard InChI is InChI=1S/C16H25N3O2/c1-5-12-6-8-16(10-17,9-7-12)14(20)13-11(2)18-19(3)15(13)21-4/h12,14,20H,5-9H2,1-4H3. The van der Waals surface area contributed by atoms with Gasteiger partial charge in [-0.25, -0.2) is 4.68 Å². The molecule has 0 spiro atoms. The van der Waals surface area contributed by atoms with Gasteiger partial charge in [-0.3, -0.25) is 0 Å². The molecule has 0 amide bonds. The van der Waals surface area contributed by atoms with E-state index in [2.05, 4.69) is 18.1 Å². The zero-order valence-corrected chi connectivity index (χ0v) is 13.4. The second-order valence-electron chi connectivity index (χ2n) is 6.15. The fraction of sp³-hybridized carbons (Fsp3) is 0.750. The summed E-state index contributed by atoms with van der Waals surface area (Å²) in [5.41, 5.74) is 0.679. The quantitative estimate of drug-likeness (QED) is 0.926. The van der Waals surface area contributed by atoms with E-state index >= 15 is 0 Å². The third-order valence-electron chi connectivity index (χ3n) is 5.00. The summed E-state index contributed by atoms with van der Waals surface area (Å²) in [6.45, 7) is 4.04. The van der Waals surface area contributed by atoms with Crippen molar-refractivity contribution in [2.75, 3.05) is 7.11 Å². The minimum atomic E-state index is -0.844. The average Bonchev–Trinajstić information content (AvgIpc) is 2.80. The molecule has 1 aromatic heterocycles. The maximum atomic E-state index is 10.9. The number of hydrogen-bond donors (Lipinski definition) is 1. The number of nitrogens with zero attached hydrogens (tertiary/aromatic N) is 3. The number of rotatable bonds is 4. The summed E-state index contributed by atoms with van der Waals surface area (Å²) in [6, 6.07) is 2.41. The Hall–Kier alpha value is -1.54. The van der Waals surface area contributed by atoms with Crippen molar-refractivity contribution in [3.05, 3.63) is 11.3 Å². The Morgan fingerprint density at radius 3 is 2.62 bits per heavy atom. The van der Waals surface area contributed by atoms with Crippen LogP contribution in [0.25, 0.3) is 0 Å². The van der Waals surface area contributed by atoms with Crippen LogP contribution >= 0.6 is 0 Å². The molecule has 0 bridgehead atoms. The molecule has 1 fully saturated rings. The van der Waals surface area contributed by atoms with E-state index in [9.17, 15) is 10.4 Å². The molecule has 1 unspecified atom stereocenters. The monoisotopic (exact) mass is 291 g/mol. The summed E-state index contributed by atoms with van der Waals surface area (Å²) >= 11 is 0. The van der Waals surface area contributed by atoms with Crippen molar-refractivity contribution in [3.8, 4) is 11.9 Å². The highest BCUT2D eigenvalue weighted by Gasteiger charge is 2.44. The van der Waals surface area contributed by atoms with Gasteiger partial charge >= 0.3 is 0 Å². The number of nitriles is 1. The summed E-state index contributed by atoms with van der Waals surface area (Å²) in [7, 11) is 3.36. The predicted octanol–water partition coefficient (Wildman–Crippen LogP) is 2.88. The van der Waals surface area contributed by atoms with Crippen LogP contribution in [0.4, 0.5) is 0 Å². The molecule has 1 saturated carbocycles. The fourth-order valence-corrected chi connectivity index (χ4v) is 3.53. The van der Waals surface area contributed by atoms with E-state index in [0.717, 1.165) is 37.8 Å². The highest BCUT2D eigenvalue weighted by atomic mass is 16.5. The largest absolute Gasteiger partial charge is 0.481 e. The van der Waals surface area contributed by atoms with E-state index in [0.29, 0.717) is 17.4 Å². The maximum absolute atomic E-state index is 10.9. The number of aliphatic hydroxyl groups excluding tert-OH is 1. The Kier molecular flexibility index (Phi) is 4.58. The summed E-state index contributed by atoms with van der Waals surface area (Å²) in [5.74, 6) is 1.22. The van der Waals surface area contributed by atoms with Gasteiger partial charge in [0.2, 0.25) is 5.88 Å². The summed E-state index contributed by atoms with van der Waals surface area (Å²) in [4.78, 5) is 0. The zero-order valence-electron chi connectivity index (χ0n) is 13.4. The molecule has 0 radical (unpaired) electrons. The van der Waals surface area contributed by atoms with Crippen molar-refractivity contribution in [2.24, 2.45) is 18.4 Å². The van der Waals surface area contributed by atoms with Crippen molar-refractivity contribution < 1.29 is 9.84 Å². The van der Waals surface area contributed by atoms with E-state index in [4.69, 9.17) is 4.74 Å². The molecule has 5 heteroatoms. The van der Waals surface area contributed by atoms with Crippen LogP contribution < -0.4 is 4.74 Å². The molecule has 0 aromatic carbocycles. The number of aryl methyl sites for hydroxylation is 2. The van der Waals surface area contributed by atoms with Crippen molar-refractivity contribution >= 4 is 0 Å². The van der Waals surface area contributed by atoms with Crippen LogP contribution in [0.1, 0.15) is 56.4 Å². The molecule has 1 aliphatic rings. The summed E-state index contributed by atoms with van der Waals surface area (Å²) < 4.78 is 6.99. The third-order valence-corrected chi connectivity index (χ3v) is 5.00. The van der Waals surface area contributed by atoms with Gasteiger partial charge in [0, 0.05) is 7.05 Å². The molecule has 0 aliphatic heterocycles. The molecular weight excluding hydrogens is 266 g/mol. The minimum absolute atomic E-state index is 0.548. The van der Waals surface area contributed by atoms with Gasteiger partial charge in [0.05, 0.1) is 29.9 Å². The van der Waals surface area contributed by atoms with Crippen LogP contribution in [0, 0.1) is 29.6 Å². The number of aliphatic hydroxyl groups is 1. The van der Waals surface area contributed by atoms with Crippen molar-refractivity contribution in [3.63, 3.8) is 0 Å². The lowest BCUT2D eigenvalue weighted by Crippen LogP contribution is -2.32. The van der Waals surface area contributed by atoms with E-state index in [-0.39, 0.29) is 0 Å². The number of methoxy groups -OCH3 is 1. The first-order valence-electron chi connectivity index (χ1n) is 7.65. The van der Waals surface area contributed by atoms with Gasteiger partial charge in [-0.15, -0.1) is 0 Å². The summed E-state index contributed by atoms with van der Waals surface area (Å²) in [5, 5.41) is 24.9. The van der Waals surface area contributed by atoms with Gasteiger partial charge in [-0.2, -0.15) is 10.4 Å². The lowest BCUT2D eigenvalue weighted by atomic mass is 9.66. The van der Waals surface area contributed by atoms with Crippen molar-refractivity contribution in [1.29, 1.82) is 5.26 Å². The molecule has 2 rings (SSSR count). The Bertz CT molecular complexity index is 536. The van der Waals surface area contributed by atoms with Gasteiger partial charge < -0.3 is 9.84 Å². The average molecular weight is 291 g/mol. The maximum Gasteiger partial charge on any atom is 0.217 e. The topological polar surface area (TPSA) is 71.1 Å². The van der Waals surface area contributed by atoms with Gasteiger partial charge in [0.15, 0.2) is 0 Å². The normalized spacial score (nSPS) is 27.1. The van der Waals surface area contributed by atoms with Gasteiger partial charge in [0.25, 0.3) is 0 Å². The lowest BCUT2D eigenvalue weighted by molar-refractivity contribution is 0.0221. The highest BCUT2D eigenvalue weighted by Crippen LogP contribution is 2.49. The number of aromatic nitrogens is 2. The first kappa shape index (κ1) is 15.8. The van der Waals surface area contributed by atoms with Gasteiger partial charge in [0.1, 0.15) is 6.10 Å². The molecule has 0 saturated heterocycles. The number of hydrogen-bond acceptors (Lipinski definition) is 4. The second-order valence-corrected chi connectivity index (χ2v) is 6.15. The molecule has 1 aromatic rings. The Balaban J connectivity index is 2.34. The van der Waals surface area contributed by atoms with Crippen LogP contribution in [0.15, 0.2) is 0 Å². The first-order chi connectivity index (χ1) is 9.99. The van der Waals surface area contributed by atoms with E-state index in [1.807, 2.05) is 6.92 Å². The van der Waals surface area contributed by atoms with Crippen LogP contribution in [-0.2, 0) is 7.05 Å². The molecular formula is C16H25N3O2. The van der Waals surface area contributed by atoms with Crippen LogP contribution in [-0.4, -0.2) is 22.0 Å². The third kappa shape index (κ3) is 2.65. The molecule has 5 nitrogen and oxygen atoms in total.